The predicted molar refractivity (Wildman–Crippen MR) is 130 cm³/mol. The molecule has 1 N–H and O–H groups in total. The molecule has 0 saturated carbocycles. The standard InChI is InChI=1S/C23H23ClINO5/c1-26-7-6-13(16(26)11-27)21-19(29-2)10-20(30-3)22-17(28)9-18(31-23(21)22)14-8-12(25)4-5-15(14)24/h4-5,8-10,13,16,27H,6-7,11H2,1-3H3/t13?,16-/m1/s1. The van der Waals surface area contributed by atoms with Crippen LogP contribution in [0.4, 0.5) is 0 Å². The fourth-order valence-electron chi connectivity index (χ4n) is 4.41. The lowest BCUT2D eigenvalue weighted by molar-refractivity contribution is 0.171. The number of aliphatic hydroxyl groups is 1. The molecule has 1 unspecified atom stereocenters. The zero-order valence-corrected chi connectivity index (χ0v) is 20.4. The molecule has 3 aromatic rings. The summed E-state index contributed by atoms with van der Waals surface area (Å²) < 4.78 is 18.5. The second-order valence-electron chi connectivity index (χ2n) is 7.62. The van der Waals surface area contributed by atoms with Crippen molar-refractivity contribution in [2.24, 2.45) is 0 Å². The Bertz CT molecular complexity index is 1190. The molecule has 1 aromatic heterocycles. The van der Waals surface area contributed by atoms with Gasteiger partial charge in [0, 0.05) is 38.8 Å². The average Bonchev–Trinajstić information content (AvgIpc) is 3.13. The van der Waals surface area contributed by atoms with Crippen LogP contribution < -0.4 is 14.9 Å². The summed E-state index contributed by atoms with van der Waals surface area (Å²) in [7, 11) is 5.07. The molecule has 164 valence electrons. The largest absolute Gasteiger partial charge is 0.496 e. The Morgan fingerprint density at radius 1 is 1.23 bits per heavy atom. The molecule has 31 heavy (non-hydrogen) atoms. The number of rotatable bonds is 5. The van der Waals surface area contributed by atoms with Gasteiger partial charge < -0.3 is 23.9 Å². The van der Waals surface area contributed by atoms with Crippen LogP contribution in [0.15, 0.2) is 39.5 Å². The maximum atomic E-state index is 13.2. The summed E-state index contributed by atoms with van der Waals surface area (Å²) >= 11 is 8.62. The number of ether oxygens (including phenoxy) is 2. The van der Waals surface area contributed by atoms with E-state index in [4.69, 9.17) is 25.5 Å². The average molecular weight is 556 g/mol. The van der Waals surface area contributed by atoms with Gasteiger partial charge in [-0.05, 0) is 60.8 Å². The zero-order valence-electron chi connectivity index (χ0n) is 17.4. The number of halogens is 2. The molecule has 2 heterocycles. The highest BCUT2D eigenvalue weighted by molar-refractivity contribution is 14.1. The van der Waals surface area contributed by atoms with E-state index in [2.05, 4.69) is 27.5 Å². The minimum Gasteiger partial charge on any atom is -0.496 e. The van der Waals surface area contributed by atoms with Gasteiger partial charge in [-0.25, -0.2) is 0 Å². The van der Waals surface area contributed by atoms with Crippen LogP contribution in [0.25, 0.3) is 22.3 Å². The number of aliphatic hydroxyl groups excluding tert-OH is 1. The molecule has 1 aliphatic rings. The van der Waals surface area contributed by atoms with E-state index in [1.54, 1.807) is 19.2 Å². The summed E-state index contributed by atoms with van der Waals surface area (Å²) in [5, 5.41) is 10.9. The fourth-order valence-corrected chi connectivity index (χ4v) is 5.11. The molecule has 6 nitrogen and oxygen atoms in total. The number of fused-ring (bicyclic) bond motifs is 1. The zero-order chi connectivity index (χ0) is 22.3. The van der Waals surface area contributed by atoms with Gasteiger partial charge in [-0.3, -0.25) is 4.79 Å². The number of hydrogen-bond donors (Lipinski definition) is 1. The molecule has 1 saturated heterocycles. The highest BCUT2D eigenvalue weighted by atomic mass is 127. The van der Waals surface area contributed by atoms with Gasteiger partial charge in [0.25, 0.3) is 0 Å². The first-order chi connectivity index (χ1) is 14.9. The lowest BCUT2D eigenvalue weighted by Gasteiger charge is -2.25. The molecule has 2 atom stereocenters. The highest BCUT2D eigenvalue weighted by Crippen LogP contribution is 2.45. The SMILES string of the molecule is COc1cc(OC)c2c(=O)cc(-c3cc(I)ccc3Cl)oc2c1C1CCN(C)[C@@H]1CO. The van der Waals surface area contributed by atoms with Crippen molar-refractivity contribution in [3.8, 4) is 22.8 Å². The summed E-state index contributed by atoms with van der Waals surface area (Å²) in [4.78, 5) is 15.4. The predicted octanol–water partition coefficient (Wildman–Crippen LogP) is 4.52. The Morgan fingerprint density at radius 2 is 1.97 bits per heavy atom. The molecule has 8 heteroatoms. The molecule has 0 radical (unpaired) electrons. The molecule has 2 aromatic carbocycles. The first-order valence-corrected chi connectivity index (χ1v) is 11.3. The van der Waals surface area contributed by atoms with E-state index in [1.165, 1.54) is 13.2 Å². The van der Waals surface area contributed by atoms with E-state index in [1.807, 2.05) is 19.2 Å². The normalized spacial score (nSPS) is 19.2. The quantitative estimate of drug-likeness (QED) is 0.467. The number of hydrogen-bond acceptors (Lipinski definition) is 6. The van der Waals surface area contributed by atoms with Gasteiger partial charge in [-0.2, -0.15) is 0 Å². The van der Waals surface area contributed by atoms with Gasteiger partial charge in [-0.1, -0.05) is 11.6 Å². The van der Waals surface area contributed by atoms with Crippen LogP contribution in [0.1, 0.15) is 17.9 Å². The van der Waals surface area contributed by atoms with E-state index in [9.17, 15) is 9.90 Å². The summed E-state index contributed by atoms with van der Waals surface area (Å²) in [6, 6.07) is 8.61. The van der Waals surface area contributed by atoms with Crippen molar-refractivity contribution < 1.29 is 19.0 Å². The van der Waals surface area contributed by atoms with E-state index in [-0.39, 0.29) is 24.0 Å². The minimum absolute atomic E-state index is 0.00945. The summed E-state index contributed by atoms with van der Waals surface area (Å²) in [6.45, 7) is 0.809. The number of nitrogens with zero attached hydrogens (tertiary/aromatic N) is 1. The Hall–Kier alpha value is -1.81. The van der Waals surface area contributed by atoms with Crippen LogP contribution in [0.2, 0.25) is 5.02 Å². The maximum absolute atomic E-state index is 13.2. The van der Waals surface area contributed by atoms with Crippen molar-refractivity contribution in [3.05, 3.63) is 54.7 Å². The highest BCUT2D eigenvalue weighted by Gasteiger charge is 2.37. The third kappa shape index (κ3) is 3.92. The van der Waals surface area contributed by atoms with E-state index < -0.39 is 0 Å². The summed E-state index contributed by atoms with van der Waals surface area (Å²) in [5.74, 6) is 1.27. The smallest absolute Gasteiger partial charge is 0.197 e. The lowest BCUT2D eigenvalue weighted by Crippen LogP contribution is -2.32. The number of likely N-dealkylation sites (N-methyl/N-ethyl adjacent to an activating group) is 1. The van der Waals surface area contributed by atoms with Crippen molar-refractivity contribution in [2.45, 2.75) is 18.4 Å². The van der Waals surface area contributed by atoms with Gasteiger partial charge in [0.2, 0.25) is 0 Å². The van der Waals surface area contributed by atoms with Gasteiger partial charge in [0.05, 0.1) is 25.8 Å². The molecule has 1 aliphatic heterocycles. The van der Waals surface area contributed by atoms with Gasteiger partial charge in [0.15, 0.2) is 5.43 Å². The van der Waals surface area contributed by atoms with Crippen molar-refractivity contribution in [2.75, 3.05) is 34.4 Å². The van der Waals surface area contributed by atoms with Crippen LogP contribution in [0, 0.1) is 3.57 Å². The van der Waals surface area contributed by atoms with Crippen molar-refractivity contribution in [3.63, 3.8) is 0 Å². The van der Waals surface area contributed by atoms with Gasteiger partial charge >= 0.3 is 0 Å². The third-order valence-corrected chi connectivity index (χ3v) is 6.98. The third-order valence-electron chi connectivity index (χ3n) is 5.98. The number of likely N-dealkylation sites (tertiary alicyclic amines) is 1. The van der Waals surface area contributed by atoms with Crippen LogP contribution in [-0.2, 0) is 0 Å². The number of methoxy groups -OCH3 is 2. The minimum atomic E-state index is -0.223. The molecule has 0 amide bonds. The monoisotopic (exact) mass is 555 g/mol. The second-order valence-corrected chi connectivity index (χ2v) is 9.28. The lowest BCUT2D eigenvalue weighted by atomic mass is 9.89. The van der Waals surface area contributed by atoms with Crippen LogP contribution >= 0.6 is 34.2 Å². The fraction of sp³-hybridized carbons (Fsp3) is 0.348. The molecule has 0 spiro atoms. The van der Waals surface area contributed by atoms with Crippen molar-refractivity contribution in [1.82, 2.24) is 4.90 Å². The second kappa shape index (κ2) is 8.97. The Balaban J connectivity index is 2.07. The Labute approximate surface area is 198 Å². The molecule has 4 rings (SSSR count). The van der Waals surface area contributed by atoms with Crippen LogP contribution in [0.5, 0.6) is 11.5 Å². The molecule has 1 fully saturated rings. The Morgan fingerprint density at radius 3 is 2.65 bits per heavy atom. The maximum Gasteiger partial charge on any atom is 0.197 e. The number of benzene rings is 2. The molecular weight excluding hydrogens is 533 g/mol. The molecular formula is C23H23ClINO5. The van der Waals surface area contributed by atoms with E-state index in [0.29, 0.717) is 38.8 Å². The van der Waals surface area contributed by atoms with Gasteiger partial charge in [-0.15, -0.1) is 0 Å². The molecule has 0 aliphatic carbocycles. The summed E-state index contributed by atoms with van der Waals surface area (Å²) in [5.41, 5.74) is 1.59. The van der Waals surface area contributed by atoms with Gasteiger partial charge in [0.1, 0.15) is 28.2 Å². The topological polar surface area (TPSA) is 72.1 Å². The van der Waals surface area contributed by atoms with Crippen LogP contribution in [-0.4, -0.2) is 50.5 Å². The Kier molecular flexibility index (Phi) is 6.48. The van der Waals surface area contributed by atoms with Crippen molar-refractivity contribution >= 4 is 45.2 Å². The van der Waals surface area contributed by atoms with E-state index in [0.717, 1.165) is 22.1 Å². The first-order valence-electron chi connectivity index (χ1n) is 9.88. The van der Waals surface area contributed by atoms with Crippen LogP contribution in [0.3, 0.4) is 0 Å². The molecule has 0 bridgehead atoms. The summed E-state index contributed by atoms with van der Waals surface area (Å²) in [6.07, 6.45) is 0.803. The van der Waals surface area contributed by atoms with E-state index >= 15 is 0 Å². The first kappa shape index (κ1) is 22.4. The van der Waals surface area contributed by atoms with Crippen molar-refractivity contribution in [1.29, 1.82) is 0 Å².